The van der Waals surface area contributed by atoms with Crippen molar-refractivity contribution >= 4 is 23.4 Å². The lowest BCUT2D eigenvalue weighted by atomic mass is 9.81. The van der Waals surface area contributed by atoms with Gasteiger partial charge in [-0.15, -0.1) is 0 Å². The number of amides is 3. The third kappa shape index (κ3) is 4.15. The number of anilines is 1. The molecule has 1 aliphatic heterocycles. The van der Waals surface area contributed by atoms with E-state index < -0.39 is 0 Å². The van der Waals surface area contributed by atoms with Crippen LogP contribution < -0.4 is 4.90 Å². The molecule has 2 atom stereocenters. The second-order valence-corrected chi connectivity index (χ2v) is 7.89. The average molecular weight is 371 g/mol. The first-order valence-corrected chi connectivity index (χ1v) is 9.74. The number of likely N-dealkylation sites (tertiary alicyclic amines) is 1. The highest BCUT2D eigenvalue weighted by Crippen LogP contribution is 2.38. The number of carbonyl (C=O) groups excluding carboxylic acids is 3. The largest absolute Gasteiger partial charge is 0.378 e. The molecule has 3 rings (SSSR count). The van der Waals surface area contributed by atoms with Gasteiger partial charge < -0.3 is 9.80 Å². The van der Waals surface area contributed by atoms with Crippen molar-refractivity contribution in [3.63, 3.8) is 0 Å². The van der Waals surface area contributed by atoms with Gasteiger partial charge in [-0.2, -0.15) is 0 Å². The predicted molar refractivity (Wildman–Crippen MR) is 104 cm³/mol. The van der Waals surface area contributed by atoms with E-state index in [1.54, 1.807) is 11.9 Å². The van der Waals surface area contributed by atoms with Crippen molar-refractivity contribution in [1.29, 1.82) is 0 Å². The van der Waals surface area contributed by atoms with Crippen LogP contribution in [0.25, 0.3) is 0 Å². The Morgan fingerprint density at radius 3 is 2.07 bits per heavy atom. The highest BCUT2D eigenvalue weighted by molar-refractivity contribution is 6.05. The summed E-state index contributed by atoms with van der Waals surface area (Å²) in [6.07, 6.45) is 3.83. The van der Waals surface area contributed by atoms with Gasteiger partial charge in [0, 0.05) is 46.3 Å². The van der Waals surface area contributed by atoms with Crippen LogP contribution in [-0.4, -0.2) is 55.2 Å². The first-order valence-electron chi connectivity index (χ1n) is 9.74. The molecule has 0 spiro atoms. The highest BCUT2D eigenvalue weighted by atomic mass is 16.2. The van der Waals surface area contributed by atoms with E-state index in [4.69, 9.17) is 0 Å². The van der Waals surface area contributed by atoms with Crippen molar-refractivity contribution < 1.29 is 14.4 Å². The minimum atomic E-state index is -0.144. The summed E-state index contributed by atoms with van der Waals surface area (Å²) in [5, 5.41) is 0. The quantitative estimate of drug-likeness (QED) is 0.720. The zero-order chi connectivity index (χ0) is 19.6. The maximum absolute atomic E-state index is 12.5. The minimum Gasteiger partial charge on any atom is -0.378 e. The lowest BCUT2D eigenvalue weighted by Gasteiger charge is -2.20. The Labute approximate surface area is 161 Å². The van der Waals surface area contributed by atoms with Gasteiger partial charge in [0.15, 0.2) is 0 Å². The molecular weight excluding hydrogens is 342 g/mol. The van der Waals surface area contributed by atoms with E-state index in [1.807, 2.05) is 43.3 Å². The molecule has 0 bridgehead atoms. The summed E-state index contributed by atoms with van der Waals surface area (Å²) in [5.41, 5.74) is 2.16. The normalized spacial score (nSPS) is 22.0. The summed E-state index contributed by atoms with van der Waals surface area (Å²) in [6.45, 7) is 0.715. The molecule has 0 N–H and O–H groups in total. The molecule has 0 aromatic heterocycles. The number of carbonyl (C=O) groups is 3. The van der Waals surface area contributed by atoms with E-state index in [1.165, 1.54) is 4.90 Å². The first-order chi connectivity index (χ1) is 12.9. The molecule has 0 unspecified atom stereocenters. The number of imide groups is 1. The summed E-state index contributed by atoms with van der Waals surface area (Å²) < 4.78 is 0. The van der Waals surface area contributed by atoms with E-state index in [0.717, 1.165) is 36.9 Å². The predicted octanol–water partition coefficient (Wildman–Crippen LogP) is 2.28. The average Bonchev–Trinajstić information content (AvgIpc) is 2.91. The van der Waals surface area contributed by atoms with Crippen LogP contribution in [0.1, 0.15) is 37.7 Å². The molecule has 146 valence electrons. The Morgan fingerprint density at radius 2 is 1.56 bits per heavy atom. The van der Waals surface area contributed by atoms with Crippen LogP contribution in [0.4, 0.5) is 5.69 Å². The summed E-state index contributed by atoms with van der Waals surface area (Å²) >= 11 is 0. The van der Waals surface area contributed by atoms with Gasteiger partial charge in [0.25, 0.3) is 0 Å². The monoisotopic (exact) mass is 371 g/mol. The number of rotatable bonds is 6. The molecule has 1 heterocycles. The fraction of sp³-hybridized carbons (Fsp3) is 0.571. The summed E-state index contributed by atoms with van der Waals surface area (Å²) in [4.78, 5) is 42.5. The van der Waals surface area contributed by atoms with Gasteiger partial charge in [-0.3, -0.25) is 19.3 Å². The number of hydrogen-bond acceptors (Lipinski definition) is 4. The fourth-order valence-corrected chi connectivity index (χ4v) is 4.11. The maximum Gasteiger partial charge on any atom is 0.233 e. The SMILES string of the molecule is CN(Cc1ccc(N(C)C)cc1)C(=O)CCN1C(=O)[C@H]2CCCC[C@H]2C1=O. The number of hydrogen-bond donors (Lipinski definition) is 0. The molecule has 1 aromatic carbocycles. The third-order valence-electron chi connectivity index (χ3n) is 5.78. The lowest BCUT2D eigenvalue weighted by Crippen LogP contribution is -2.36. The second-order valence-electron chi connectivity index (χ2n) is 7.89. The number of benzene rings is 1. The Bertz CT molecular complexity index is 690. The van der Waals surface area contributed by atoms with Crippen molar-refractivity contribution in [1.82, 2.24) is 9.80 Å². The smallest absolute Gasteiger partial charge is 0.233 e. The molecular formula is C21H29N3O3. The lowest BCUT2D eigenvalue weighted by molar-refractivity contribution is -0.140. The van der Waals surface area contributed by atoms with Crippen molar-refractivity contribution in [2.75, 3.05) is 32.6 Å². The van der Waals surface area contributed by atoms with Crippen LogP contribution in [0.5, 0.6) is 0 Å². The van der Waals surface area contributed by atoms with E-state index in [-0.39, 0.29) is 42.5 Å². The van der Waals surface area contributed by atoms with Gasteiger partial charge in [-0.1, -0.05) is 25.0 Å². The van der Waals surface area contributed by atoms with Gasteiger partial charge in [-0.05, 0) is 30.5 Å². The molecule has 6 nitrogen and oxygen atoms in total. The molecule has 1 saturated heterocycles. The van der Waals surface area contributed by atoms with Crippen LogP contribution in [0.15, 0.2) is 24.3 Å². The Hall–Kier alpha value is -2.37. The fourth-order valence-electron chi connectivity index (χ4n) is 4.11. The molecule has 6 heteroatoms. The Morgan fingerprint density at radius 1 is 1.00 bits per heavy atom. The second kappa shape index (κ2) is 8.11. The third-order valence-corrected chi connectivity index (χ3v) is 5.78. The number of fused-ring (bicyclic) bond motifs is 1. The van der Waals surface area contributed by atoms with Crippen molar-refractivity contribution in [2.45, 2.75) is 38.6 Å². The van der Waals surface area contributed by atoms with Crippen LogP contribution >= 0.6 is 0 Å². The van der Waals surface area contributed by atoms with Gasteiger partial charge in [-0.25, -0.2) is 0 Å². The minimum absolute atomic E-state index is 0.0536. The van der Waals surface area contributed by atoms with E-state index >= 15 is 0 Å². The Balaban J connectivity index is 1.52. The summed E-state index contributed by atoms with van der Waals surface area (Å²) in [5.74, 6) is -0.482. The summed E-state index contributed by atoms with van der Waals surface area (Å²) in [6, 6.07) is 8.07. The first kappa shape index (κ1) is 19.4. The molecule has 0 radical (unpaired) electrons. The number of nitrogens with zero attached hydrogens (tertiary/aromatic N) is 3. The van der Waals surface area contributed by atoms with E-state index in [2.05, 4.69) is 0 Å². The molecule has 2 fully saturated rings. The Kier molecular flexibility index (Phi) is 5.82. The van der Waals surface area contributed by atoms with Crippen LogP contribution in [0.3, 0.4) is 0 Å². The molecule has 1 saturated carbocycles. The van der Waals surface area contributed by atoms with E-state index in [9.17, 15) is 14.4 Å². The molecule has 3 amide bonds. The topological polar surface area (TPSA) is 60.9 Å². The van der Waals surface area contributed by atoms with E-state index in [0.29, 0.717) is 6.54 Å². The molecule has 1 aliphatic carbocycles. The molecule has 27 heavy (non-hydrogen) atoms. The van der Waals surface area contributed by atoms with Crippen LogP contribution in [0, 0.1) is 11.8 Å². The van der Waals surface area contributed by atoms with Gasteiger partial charge in [0.05, 0.1) is 11.8 Å². The maximum atomic E-state index is 12.5. The van der Waals surface area contributed by atoms with Crippen LogP contribution in [0.2, 0.25) is 0 Å². The zero-order valence-corrected chi connectivity index (χ0v) is 16.5. The van der Waals surface area contributed by atoms with Crippen LogP contribution in [-0.2, 0) is 20.9 Å². The standard InChI is InChI=1S/C21H29N3O3/c1-22(2)16-10-8-15(9-11-16)14-23(3)19(25)12-13-24-20(26)17-6-4-5-7-18(17)21(24)27/h8-11,17-18H,4-7,12-14H2,1-3H3/t17-,18+. The molecule has 1 aromatic rings. The highest BCUT2D eigenvalue weighted by Gasteiger charge is 2.47. The zero-order valence-electron chi connectivity index (χ0n) is 16.5. The van der Waals surface area contributed by atoms with Gasteiger partial charge in [0.1, 0.15) is 0 Å². The van der Waals surface area contributed by atoms with Crippen molar-refractivity contribution in [2.24, 2.45) is 11.8 Å². The molecule has 2 aliphatic rings. The van der Waals surface area contributed by atoms with Crippen molar-refractivity contribution in [3.8, 4) is 0 Å². The summed E-state index contributed by atoms with van der Waals surface area (Å²) in [7, 11) is 5.74. The van der Waals surface area contributed by atoms with Crippen molar-refractivity contribution in [3.05, 3.63) is 29.8 Å². The van der Waals surface area contributed by atoms with Gasteiger partial charge >= 0.3 is 0 Å². The van der Waals surface area contributed by atoms with Gasteiger partial charge in [0.2, 0.25) is 17.7 Å².